The van der Waals surface area contributed by atoms with Gasteiger partial charge in [0.25, 0.3) is 5.79 Å². The smallest absolute Gasteiger partial charge is 0.279 e. The lowest BCUT2D eigenvalue weighted by atomic mass is 9.76. The van der Waals surface area contributed by atoms with Crippen LogP contribution in [0, 0.1) is 0 Å². The Balaban J connectivity index is 1.27. The third-order valence-electron chi connectivity index (χ3n) is 9.87. The summed E-state index contributed by atoms with van der Waals surface area (Å²) in [6.07, 6.45) is -9.34. The topological polar surface area (TPSA) is 266 Å². The van der Waals surface area contributed by atoms with Gasteiger partial charge < -0.3 is 74.7 Å². The van der Waals surface area contributed by atoms with Gasteiger partial charge in [0, 0.05) is 47.2 Å². The molecule has 16 nitrogen and oxygen atoms in total. The highest BCUT2D eigenvalue weighted by Gasteiger charge is 2.54. The van der Waals surface area contributed by atoms with E-state index in [-0.39, 0.29) is 63.8 Å². The third-order valence-corrected chi connectivity index (χ3v) is 9.87. The summed E-state index contributed by atoms with van der Waals surface area (Å²) in [7, 11) is 0. The molecule has 0 aromatic heterocycles. The van der Waals surface area contributed by atoms with Gasteiger partial charge in [-0.25, -0.2) is 0 Å². The van der Waals surface area contributed by atoms with E-state index in [1.54, 1.807) is 0 Å². The molecule has 0 spiro atoms. The second-order valence-corrected chi connectivity index (χ2v) is 13.1. The standard InChI is InChI=1S/C36H32O16/c37-12-27-31(45)32(46)33(47)35(50-27)48-15-7-21(42)28-16-11-36(51-25(28)8-15,14-2-4-18(39)20(41)6-14)52-26-10-23(44)30-22(43)9-24(49-34(30)29(16)26)13-1-3-17(38)19(40)5-13/h1-8,10,16,24,27,31-33,35,37-42,44-47H,9,11-12H2/t16-,24?,27+,31+,32-,33+,35+,36-/m0/s1. The molecule has 4 aromatic carbocycles. The van der Waals surface area contributed by atoms with Gasteiger partial charge in [-0.05, 0) is 35.9 Å². The van der Waals surface area contributed by atoms with Crippen molar-refractivity contribution < 1.29 is 79.5 Å². The van der Waals surface area contributed by atoms with E-state index in [9.17, 15) is 55.9 Å². The van der Waals surface area contributed by atoms with Crippen molar-refractivity contribution in [2.45, 2.75) is 61.4 Å². The number of rotatable bonds is 5. The molecular weight excluding hydrogens is 688 g/mol. The first-order valence-electron chi connectivity index (χ1n) is 16.1. The first-order chi connectivity index (χ1) is 24.8. The van der Waals surface area contributed by atoms with Crippen molar-refractivity contribution >= 4 is 5.78 Å². The predicted octanol–water partition coefficient (Wildman–Crippen LogP) is 1.97. The molecule has 0 radical (unpaired) electrons. The van der Waals surface area contributed by atoms with E-state index in [2.05, 4.69) is 0 Å². The van der Waals surface area contributed by atoms with Crippen LogP contribution in [-0.2, 0) is 10.5 Å². The Labute approximate surface area is 293 Å². The average molecular weight is 721 g/mol. The molecule has 1 fully saturated rings. The van der Waals surface area contributed by atoms with Crippen LogP contribution in [-0.4, -0.2) is 94.2 Å². The lowest BCUT2D eigenvalue weighted by Gasteiger charge is -2.47. The first kappa shape index (κ1) is 33.5. The van der Waals surface area contributed by atoms with Crippen molar-refractivity contribution in [1.29, 1.82) is 0 Å². The molecule has 2 bridgehead atoms. The minimum atomic E-state index is -1.80. The monoisotopic (exact) mass is 720 g/mol. The van der Waals surface area contributed by atoms with Gasteiger partial charge in [-0.2, -0.15) is 0 Å². The predicted molar refractivity (Wildman–Crippen MR) is 172 cm³/mol. The van der Waals surface area contributed by atoms with Crippen LogP contribution in [0.4, 0.5) is 0 Å². The lowest BCUT2D eigenvalue weighted by Crippen LogP contribution is -2.60. The molecule has 8 atom stereocenters. The fourth-order valence-electron chi connectivity index (χ4n) is 7.29. The van der Waals surface area contributed by atoms with Crippen LogP contribution in [0.3, 0.4) is 0 Å². The molecule has 4 heterocycles. The zero-order valence-electron chi connectivity index (χ0n) is 26.8. The second kappa shape index (κ2) is 12.0. The van der Waals surface area contributed by atoms with Crippen molar-refractivity contribution in [3.63, 3.8) is 0 Å². The summed E-state index contributed by atoms with van der Waals surface area (Å²) in [5.41, 5.74) is 0.816. The van der Waals surface area contributed by atoms with Gasteiger partial charge in [0.15, 0.2) is 28.8 Å². The van der Waals surface area contributed by atoms with E-state index in [1.807, 2.05) is 0 Å². The van der Waals surface area contributed by atoms with Crippen molar-refractivity contribution in [3.05, 3.63) is 82.4 Å². The van der Waals surface area contributed by atoms with E-state index in [4.69, 9.17) is 23.7 Å². The van der Waals surface area contributed by atoms with Gasteiger partial charge in [0.1, 0.15) is 70.6 Å². The number of phenols is 6. The molecule has 272 valence electrons. The molecule has 52 heavy (non-hydrogen) atoms. The summed E-state index contributed by atoms with van der Waals surface area (Å²) in [6.45, 7) is -0.705. The Morgan fingerprint density at radius 3 is 2.12 bits per heavy atom. The fraction of sp³-hybridized carbons (Fsp3) is 0.306. The minimum Gasteiger partial charge on any atom is -0.507 e. The molecule has 0 aliphatic carbocycles. The number of carbonyl (C=O) groups is 1. The molecule has 4 aromatic rings. The Hall–Kier alpha value is -5.65. The van der Waals surface area contributed by atoms with Crippen molar-refractivity contribution in [1.82, 2.24) is 0 Å². The van der Waals surface area contributed by atoms with E-state index in [0.717, 1.165) is 0 Å². The summed E-state index contributed by atoms with van der Waals surface area (Å²) in [4.78, 5) is 13.6. The van der Waals surface area contributed by atoms with Gasteiger partial charge in [0.05, 0.1) is 13.0 Å². The van der Waals surface area contributed by atoms with Crippen LogP contribution < -0.4 is 18.9 Å². The number of hydrogen-bond acceptors (Lipinski definition) is 16. The molecule has 0 saturated carbocycles. The van der Waals surface area contributed by atoms with Gasteiger partial charge in [-0.1, -0.05) is 6.07 Å². The van der Waals surface area contributed by atoms with Gasteiger partial charge >= 0.3 is 0 Å². The van der Waals surface area contributed by atoms with E-state index < -0.39 is 89.7 Å². The minimum absolute atomic E-state index is 0.00577. The Kier molecular flexibility index (Phi) is 7.70. The molecule has 0 amide bonds. The van der Waals surface area contributed by atoms with Gasteiger partial charge in [-0.15, -0.1) is 0 Å². The highest BCUT2D eigenvalue weighted by molar-refractivity contribution is 6.03. The van der Waals surface area contributed by atoms with Crippen LogP contribution in [0.5, 0.6) is 57.5 Å². The number of phenolic OH excluding ortho intramolecular Hbond substituents is 6. The second-order valence-electron chi connectivity index (χ2n) is 13.1. The van der Waals surface area contributed by atoms with Crippen LogP contribution in [0.25, 0.3) is 0 Å². The number of ether oxygens (including phenoxy) is 5. The van der Waals surface area contributed by atoms with Crippen LogP contribution in [0.2, 0.25) is 0 Å². The molecule has 4 aliphatic rings. The highest BCUT2D eigenvalue weighted by Crippen LogP contribution is 2.62. The summed E-state index contributed by atoms with van der Waals surface area (Å²) in [6, 6.07) is 11.5. The maximum atomic E-state index is 13.6. The SMILES string of the molecule is O=C1CC(c2ccc(O)c(O)c2)Oc2c1c(O)cc1c2[C@H]2C[C@](c3ccc(O)c(O)c3)(Oc3cc(O[C@@H]4O[C@H](CO)[C@@H](O)[C@H](O)[C@H]4O)cc(O)c32)O1. The third kappa shape index (κ3) is 5.14. The number of hydrogen-bond donors (Lipinski definition) is 10. The average Bonchev–Trinajstić information content (AvgIpc) is 3.10. The maximum Gasteiger partial charge on any atom is 0.279 e. The molecule has 10 N–H and O–H groups in total. The molecule has 4 aliphatic heterocycles. The summed E-state index contributed by atoms with van der Waals surface area (Å²) in [5.74, 6) is -6.08. The summed E-state index contributed by atoms with van der Waals surface area (Å²) < 4.78 is 30.5. The fourth-order valence-corrected chi connectivity index (χ4v) is 7.29. The summed E-state index contributed by atoms with van der Waals surface area (Å²) >= 11 is 0. The lowest BCUT2D eigenvalue weighted by molar-refractivity contribution is -0.277. The number of aromatic hydroxyl groups is 6. The Morgan fingerprint density at radius 1 is 0.731 bits per heavy atom. The number of aliphatic hydroxyl groups excluding tert-OH is 4. The molecular formula is C36H32O16. The molecule has 1 unspecified atom stereocenters. The number of Topliss-reactive ketones (excluding diaryl/α,β-unsaturated/α-hetero) is 1. The van der Waals surface area contributed by atoms with Gasteiger partial charge in [-0.3, -0.25) is 4.79 Å². The Bertz CT molecular complexity index is 2110. The number of carbonyl (C=O) groups excluding carboxylic acids is 1. The van der Waals surface area contributed by atoms with Gasteiger partial charge in [0.2, 0.25) is 6.29 Å². The largest absolute Gasteiger partial charge is 0.507 e. The first-order valence-corrected chi connectivity index (χ1v) is 16.1. The van der Waals surface area contributed by atoms with E-state index >= 15 is 0 Å². The van der Waals surface area contributed by atoms with Crippen molar-refractivity contribution in [2.75, 3.05) is 6.61 Å². The zero-order valence-corrected chi connectivity index (χ0v) is 26.8. The zero-order chi connectivity index (χ0) is 36.8. The van der Waals surface area contributed by atoms with Crippen LogP contribution >= 0.6 is 0 Å². The van der Waals surface area contributed by atoms with E-state index in [1.165, 1.54) is 54.6 Å². The van der Waals surface area contributed by atoms with Crippen molar-refractivity contribution in [3.8, 4) is 57.5 Å². The van der Waals surface area contributed by atoms with Crippen LogP contribution in [0.1, 0.15) is 57.5 Å². The maximum absolute atomic E-state index is 13.6. The van der Waals surface area contributed by atoms with E-state index in [0.29, 0.717) is 5.56 Å². The molecule has 8 rings (SSSR count). The summed E-state index contributed by atoms with van der Waals surface area (Å²) in [5, 5.41) is 104. The molecule has 16 heteroatoms. The van der Waals surface area contributed by atoms with Crippen molar-refractivity contribution in [2.24, 2.45) is 0 Å². The normalized spacial score (nSPS) is 28.7. The molecule has 1 saturated heterocycles. The number of ketones is 1. The quantitative estimate of drug-likeness (QED) is 0.132. The number of fused-ring (bicyclic) bond motifs is 8. The highest BCUT2D eigenvalue weighted by atomic mass is 16.7. The van der Waals surface area contributed by atoms with Crippen LogP contribution in [0.15, 0.2) is 54.6 Å². The number of benzene rings is 4. The Morgan fingerprint density at radius 2 is 1.42 bits per heavy atom. The number of aliphatic hydroxyl groups is 4.